The SMILES string of the molecule is OCCCn1cc(-c2ccc(C(F)(F)F)cc2)nn1. The number of alkyl halides is 3. The molecule has 0 saturated carbocycles. The van der Waals surface area contributed by atoms with Crippen LogP contribution in [0.1, 0.15) is 12.0 Å². The number of aliphatic hydroxyl groups is 1. The Morgan fingerprint density at radius 2 is 1.84 bits per heavy atom. The van der Waals surface area contributed by atoms with Crippen LogP contribution < -0.4 is 0 Å². The second-order valence-corrected chi connectivity index (χ2v) is 4.02. The Bertz CT molecular complexity index is 534. The van der Waals surface area contributed by atoms with E-state index in [1.807, 2.05) is 0 Å². The van der Waals surface area contributed by atoms with Crippen LogP contribution in [0.25, 0.3) is 11.3 Å². The van der Waals surface area contributed by atoms with Crippen LogP contribution in [0.4, 0.5) is 13.2 Å². The van der Waals surface area contributed by atoms with Gasteiger partial charge in [0.15, 0.2) is 0 Å². The molecular weight excluding hydrogens is 259 g/mol. The van der Waals surface area contributed by atoms with Crippen molar-refractivity contribution in [2.24, 2.45) is 0 Å². The molecule has 7 heteroatoms. The van der Waals surface area contributed by atoms with E-state index >= 15 is 0 Å². The molecule has 0 fully saturated rings. The summed E-state index contributed by atoms with van der Waals surface area (Å²) in [6.45, 7) is 0.569. The van der Waals surface area contributed by atoms with Gasteiger partial charge in [0.25, 0.3) is 0 Å². The minimum atomic E-state index is -4.34. The number of rotatable bonds is 4. The summed E-state index contributed by atoms with van der Waals surface area (Å²) in [5, 5.41) is 16.4. The summed E-state index contributed by atoms with van der Waals surface area (Å²) in [4.78, 5) is 0. The van der Waals surface area contributed by atoms with Crippen molar-refractivity contribution >= 4 is 0 Å². The number of hydrogen-bond donors (Lipinski definition) is 1. The molecular formula is C12H12F3N3O. The second kappa shape index (κ2) is 5.40. The number of aromatic nitrogens is 3. The minimum absolute atomic E-state index is 0.0511. The first kappa shape index (κ1) is 13.5. The molecule has 0 spiro atoms. The zero-order valence-electron chi connectivity index (χ0n) is 9.93. The molecule has 0 unspecified atom stereocenters. The van der Waals surface area contributed by atoms with Crippen molar-refractivity contribution < 1.29 is 18.3 Å². The van der Waals surface area contributed by atoms with Gasteiger partial charge >= 0.3 is 6.18 Å². The molecule has 0 saturated heterocycles. The number of halogens is 3. The fraction of sp³-hybridized carbons (Fsp3) is 0.333. The number of benzene rings is 1. The van der Waals surface area contributed by atoms with Crippen molar-refractivity contribution in [1.82, 2.24) is 15.0 Å². The molecule has 19 heavy (non-hydrogen) atoms. The van der Waals surface area contributed by atoms with E-state index in [0.717, 1.165) is 12.1 Å². The first-order valence-electron chi connectivity index (χ1n) is 5.69. The first-order chi connectivity index (χ1) is 9.00. The van der Waals surface area contributed by atoms with Gasteiger partial charge in [0.2, 0.25) is 0 Å². The number of hydrogen-bond acceptors (Lipinski definition) is 3. The van der Waals surface area contributed by atoms with Crippen LogP contribution in [-0.2, 0) is 12.7 Å². The maximum atomic E-state index is 12.4. The van der Waals surface area contributed by atoms with Crippen molar-refractivity contribution in [3.63, 3.8) is 0 Å². The van der Waals surface area contributed by atoms with Gasteiger partial charge in [-0.1, -0.05) is 17.3 Å². The van der Waals surface area contributed by atoms with Crippen molar-refractivity contribution in [3.05, 3.63) is 36.0 Å². The molecule has 0 bridgehead atoms. The van der Waals surface area contributed by atoms with Gasteiger partial charge in [0.05, 0.1) is 11.8 Å². The third kappa shape index (κ3) is 3.31. The Kier molecular flexibility index (Phi) is 3.84. The van der Waals surface area contributed by atoms with Gasteiger partial charge in [-0.05, 0) is 18.6 Å². The van der Waals surface area contributed by atoms with Crippen molar-refractivity contribution in [2.45, 2.75) is 19.1 Å². The molecule has 0 aliphatic carbocycles. The van der Waals surface area contributed by atoms with Crippen LogP contribution in [0, 0.1) is 0 Å². The van der Waals surface area contributed by atoms with Crippen LogP contribution in [0.5, 0.6) is 0 Å². The standard InChI is InChI=1S/C12H12F3N3O/c13-12(14,15)10-4-2-9(3-5-10)11-8-18(17-16-11)6-1-7-19/h2-5,8,19H,1,6-7H2. The maximum Gasteiger partial charge on any atom is 0.416 e. The van der Waals surface area contributed by atoms with E-state index < -0.39 is 11.7 Å². The number of nitrogens with zero attached hydrogens (tertiary/aromatic N) is 3. The quantitative estimate of drug-likeness (QED) is 0.928. The van der Waals surface area contributed by atoms with Crippen molar-refractivity contribution in [3.8, 4) is 11.3 Å². The normalized spacial score (nSPS) is 11.8. The van der Waals surface area contributed by atoms with Crippen molar-refractivity contribution in [1.29, 1.82) is 0 Å². The molecule has 1 heterocycles. The monoisotopic (exact) mass is 271 g/mol. The van der Waals surface area contributed by atoms with E-state index in [2.05, 4.69) is 10.3 Å². The molecule has 4 nitrogen and oxygen atoms in total. The molecule has 1 aromatic heterocycles. The van der Waals surface area contributed by atoms with Gasteiger partial charge in [-0.3, -0.25) is 4.68 Å². The number of aryl methyl sites for hydroxylation is 1. The van der Waals surface area contributed by atoms with Crippen molar-refractivity contribution in [2.75, 3.05) is 6.61 Å². The van der Waals surface area contributed by atoms with Gasteiger partial charge in [-0.15, -0.1) is 5.10 Å². The zero-order valence-corrected chi connectivity index (χ0v) is 9.93. The highest BCUT2D eigenvalue weighted by Crippen LogP contribution is 2.30. The molecule has 1 aromatic carbocycles. The van der Waals surface area contributed by atoms with E-state index in [1.165, 1.54) is 12.1 Å². The van der Waals surface area contributed by atoms with E-state index in [-0.39, 0.29) is 6.61 Å². The van der Waals surface area contributed by atoms with Crippen LogP contribution in [0.2, 0.25) is 0 Å². The van der Waals surface area contributed by atoms with E-state index in [4.69, 9.17) is 5.11 Å². The summed E-state index contributed by atoms with van der Waals surface area (Å²) < 4.78 is 38.8. The molecule has 0 atom stereocenters. The van der Waals surface area contributed by atoms with Gasteiger partial charge in [0.1, 0.15) is 5.69 Å². The maximum absolute atomic E-state index is 12.4. The molecule has 2 aromatic rings. The smallest absolute Gasteiger partial charge is 0.396 e. The summed E-state index contributed by atoms with van der Waals surface area (Å²) in [5.41, 5.74) is 0.388. The summed E-state index contributed by atoms with van der Waals surface area (Å²) in [5.74, 6) is 0. The fourth-order valence-corrected chi connectivity index (χ4v) is 1.60. The average Bonchev–Trinajstić information content (AvgIpc) is 2.84. The highest BCUT2D eigenvalue weighted by atomic mass is 19.4. The Morgan fingerprint density at radius 1 is 1.16 bits per heavy atom. The Balaban J connectivity index is 2.16. The third-order valence-electron chi connectivity index (χ3n) is 2.59. The lowest BCUT2D eigenvalue weighted by Gasteiger charge is -2.06. The largest absolute Gasteiger partial charge is 0.416 e. The predicted octanol–water partition coefficient (Wildman–Crippen LogP) is 2.35. The highest BCUT2D eigenvalue weighted by Gasteiger charge is 2.30. The Morgan fingerprint density at radius 3 is 2.42 bits per heavy atom. The molecule has 102 valence electrons. The van der Waals surface area contributed by atoms with Crippen LogP contribution in [0.3, 0.4) is 0 Å². The van der Waals surface area contributed by atoms with E-state index in [1.54, 1.807) is 10.9 Å². The highest BCUT2D eigenvalue weighted by molar-refractivity contribution is 5.58. The van der Waals surface area contributed by atoms with Crippen LogP contribution >= 0.6 is 0 Å². The predicted molar refractivity (Wildman–Crippen MR) is 62.2 cm³/mol. The molecule has 0 aliphatic heterocycles. The minimum Gasteiger partial charge on any atom is -0.396 e. The van der Waals surface area contributed by atoms with E-state index in [9.17, 15) is 13.2 Å². The van der Waals surface area contributed by atoms with Crippen LogP contribution in [0.15, 0.2) is 30.5 Å². The molecule has 1 N–H and O–H groups in total. The summed E-state index contributed by atoms with van der Waals surface area (Å²) in [6, 6.07) is 4.76. The molecule has 0 aliphatic rings. The van der Waals surface area contributed by atoms with Gasteiger partial charge < -0.3 is 5.11 Å². The molecule has 0 radical (unpaired) electrons. The lowest BCUT2D eigenvalue weighted by molar-refractivity contribution is -0.137. The van der Waals surface area contributed by atoms with Gasteiger partial charge in [-0.2, -0.15) is 13.2 Å². The molecule has 0 amide bonds. The van der Waals surface area contributed by atoms with E-state index in [0.29, 0.717) is 24.2 Å². The molecule has 2 rings (SSSR count). The Labute approximate surface area is 107 Å². The van der Waals surface area contributed by atoms with Gasteiger partial charge in [0, 0.05) is 18.7 Å². The lowest BCUT2D eigenvalue weighted by Crippen LogP contribution is -2.03. The average molecular weight is 271 g/mol. The zero-order chi connectivity index (χ0) is 13.9. The first-order valence-corrected chi connectivity index (χ1v) is 5.69. The topological polar surface area (TPSA) is 50.9 Å². The fourth-order valence-electron chi connectivity index (χ4n) is 1.60. The Hall–Kier alpha value is -1.89. The second-order valence-electron chi connectivity index (χ2n) is 4.02. The van der Waals surface area contributed by atoms with Crippen LogP contribution in [-0.4, -0.2) is 26.7 Å². The summed E-state index contributed by atoms with van der Waals surface area (Å²) in [7, 11) is 0. The van der Waals surface area contributed by atoms with Gasteiger partial charge in [-0.25, -0.2) is 0 Å². The lowest BCUT2D eigenvalue weighted by atomic mass is 10.1. The summed E-state index contributed by atoms with van der Waals surface area (Å²) in [6.07, 6.45) is -2.15. The summed E-state index contributed by atoms with van der Waals surface area (Å²) >= 11 is 0. The third-order valence-corrected chi connectivity index (χ3v) is 2.59. The number of aliphatic hydroxyl groups excluding tert-OH is 1.